The van der Waals surface area contributed by atoms with Gasteiger partial charge in [0, 0.05) is 28.8 Å². The Morgan fingerprint density at radius 2 is 2.18 bits per heavy atom. The third-order valence-electron chi connectivity index (χ3n) is 2.73. The molecule has 2 N–H and O–H groups in total. The summed E-state index contributed by atoms with van der Waals surface area (Å²) >= 11 is 9.26. The largest absolute Gasteiger partial charge is 0.322 e. The molecule has 17 heavy (non-hydrogen) atoms. The average molecular weight is 316 g/mol. The Morgan fingerprint density at radius 3 is 2.71 bits per heavy atom. The fourth-order valence-corrected chi connectivity index (χ4v) is 1.90. The molecule has 0 atom stereocenters. The van der Waals surface area contributed by atoms with E-state index in [-0.39, 0.29) is 5.91 Å². The van der Waals surface area contributed by atoms with Crippen LogP contribution in [0, 0.1) is 0 Å². The second kappa shape index (κ2) is 5.21. The van der Waals surface area contributed by atoms with Crippen LogP contribution >= 0.6 is 27.5 Å². The Kier molecular flexibility index (Phi) is 3.86. The van der Waals surface area contributed by atoms with Crippen molar-refractivity contribution in [3.63, 3.8) is 0 Å². The summed E-state index contributed by atoms with van der Waals surface area (Å²) in [6.45, 7) is 3.45. The van der Waals surface area contributed by atoms with E-state index in [1.165, 1.54) is 0 Å². The highest BCUT2D eigenvalue weighted by Gasteiger charge is 2.16. The standard InChI is InChI=1S/C12H12BrClN2O/c1-7(8-5-15-6-8)12(17)16-9-2-3-10(13)11(14)4-9/h2-4,15H,5-6H2,1H3,(H,16,17). The molecule has 0 aromatic heterocycles. The summed E-state index contributed by atoms with van der Waals surface area (Å²) in [6.07, 6.45) is 0. The highest BCUT2D eigenvalue weighted by Crippen LogP contribution is 2.25. The van der Waals surface area contributed by atoms with Crippen molar-refractivity contribution in [2.24, 2.45) is 0 Å². The number of halogens is 2. The zero-order valence-corrected chi connectivity index (χ0v) is 11.7. The van der Waals surface area contributed by atoms with E-state index < -0.39 is 0 Å². The molecule has 1 aromatic carbocycles. The molecule has 1 amide bonds. The van der Waals surface area contributed by atoms with Crippen molar-refractivity contribution in [2.45, 2.75) is 6.92 Å². The van der Waals surface area contributed by atoms with Gasteiger partial charge in [-0.2, -0.15) is 0 Å². The van der Waals surface area contributed by atoms with E-state index in [1.54, 1.807) is 6.07 Å². The molecule has 0 spiro atoms. The molecule has 90 valence electrons. The van der Waals surface area contributed by atoms with Gasteiger partial charge in [0.15, 0.2) is 0 Å². The highest BCUT2D eigenvalue weighted by atomic mass is 79.9. The first-order chi connectivity index (χ1) is 8.08. The lowest BCUT2D eigenvalue weighted by molar-refractivity contribution is -0.112. The van der Waals surface area contributed by atoms with E-state index in [0.29, 0.717) is 10.7 Å². The van der Waals surface area contributed by atoms with Crippen LogP contribution in [-0.4, -0.2) is 19.0 Å². The topological polar surface area (TPSA) is 41.1 Å². The monoisotopic (exact) mass is 314 g/mol. The number of carbonyl (C=O) groups excluding carboxylic acids is 1. The summed E-state index contributed by atoms with van der Waals surface area (Å²) in [5.74, 6) is -0.0695. The number of hydrogen-bond donors (Lipinski definition) is 2. The molecule has 1 aliphatic rings. The minimum absolute atomic E-state index is 0.0695. The molecule has 2 rings (SSSR count). The van der Waals surface area contributed by atoms with Crippen molar-refractivity contribution in [1.29, 1.82) is 0 Å². The fraction of sp³-hybridized carbons (Fsp3) is 0.250. The zero-order chi connectivity index (χ0) is 12.4. The molecule has 1 saturated heterocycles. The van der Waals surface area contributed by atoms with Gasteiger partial charge in [-0.1, -0.05) is 11.6 Å². The lowest BCUT2D eigenvalue weighted by atomic mass is 10.0. The van der Waals surface area contributed by atoms with Gasteiger partial charge in [-0.15, -0.1) is 0 Å². The molecule has 1 heterocycles. The van der Waals surface area contributed by atoms with Crippen molar-refractivity contribution >= 4 is 39.1 Å². The van der Waals surface area contributed by atoms with Crippen LogP contribution < -0.4 is 10.6 Å². The molecule has 0 unspecified atom stereocenters. The number of nitrogens with one attached hydrogen (secondary N) is 2. The van der Waals surface area contributed by atoms with Crippen LogP contribution in [0.4, 0.5) is 5.69 Å². The summed E-state index contributed by atoms with van der Waals surface area (Å²) in [6, 6.07) is 5.34. The van der Waals surface area contributed by atoms with E-state index in [4.69, 9.17) is 11.6 Å². The predicted octanol–water partition coefficient (Wildman–Crippen LogP) is 2.96. The smallest absolute Gasteiger partial charge is 0.251 e. The Labute approximate surface area is 113 Å². The van der Waals surface area contributed by atoms with Crippen molar-refractivity contribution in [2.75, 3.05) is 18.4 Å². The molecule has 0 bridgehead atoms. The number of hydrogen-bond acceptors (Lipinski definition) is 2. The van der Waals surface area contributed by atoms with Crippen LogP contribution in [0.5, 0.6) is 0 Å². The summed E-state index contributed by atoms with van der Waals surface area (Å²) in [5.41, 5.74) is 2.64. The number of benzene rings is 1. The molecular formula is C12H12BrClN2O. The van der Waals surface area contributed by atoms with Crippen molar-refractivity contribution in [3.8, 4) is 0 Å². The number of carbonyl (C=O) groups is 1. The van der Waals surface area contributed by atoms with E-state index in [2.05, 4.69) is 26.6 Å². The van der Waals surface area contributed by atoms with Crippen LogP contribution in [0.25, 0.3) is 0 Å². The van der Waals surface area contributed by atoms with Gasteiger partial charge in [0.25, 0.3) is 5.91 Å². The van der Waals surface area contributed by atoms with E-state index >= 15 is 0 Å². The van der Waals surface area contributed by atoms with Gasteiger partial charge < -0.3 is 10.6 Å². The van der Waals surface area contributed by atoms with Gasteiger partial charge in [0.05, 0.1) is 5.02 Å². The average Bonchev–Trinajstić information content (AvgIpc) is 2.21. The molecular weight excluding hydrogens is 304 g/mol. The first-order valence-corrected chi connectivity index (χ1v) is 6.41. The first kappa shape index (κ1) is 12.6. The van der Waals surface area contributed by atoms with Gasteiger partial charge in [-0.25, -0.2) is 0 Å². The Bertz CT molecular complexity index is 493. The van der Waals surface area contributed by atoms with Crippen LogP contribution in [-0.2, 0) is 4.79 Å². The van der Waals surface area contributed by atoms with Gasteiger partial charge in [-0.3, -0.25) is 4.79 Å². The maximum absolute atomic E-state index is 11.9. The highest BCUT2D eigenvalue weighted by molar-refractivity contribution is 9.10. The van der Waals surface area contributed by atoms with Crippen molar-refractivity contribution in [3.05, 3.63) is 38.8 Å². The lowest BCUT2D eigenvalue weighted by Gasteiger charge is -2.21. The Balaban J connectivity index is 2.10. The minimum Gasteiger partial charge on any atom is -0.322 e. The van der Waals surface area contributed by atoms with Crippen LogP contribution in [0.2, 0.25) is 5.02 Å². The van der Waals surface area contributed by atoms with Gasteiger partial charge in [-0.05, 0) is 46.6 Å². The fourth-order valence-electron chi connectivity index (χ4n) is 1.47. The Hall–Kier alpha value is -0.840. The predicted molar refractivity (Wildman–Crippen MR) is 73.4 cm³/mol. The molecule has 1 aliphatic heterocycles. The number of anilines is 1. The minimum atomic E-state index is -0.0695. The molecule has 0 radical (unpaired) electrons. The summed E-state index contributed by atoms with van der Waals surface area (Å²) in [7, 11) is 0. The van der Waals surface area contributed by atoms with Crippen LogP contribution in [0.15, 0.2) is 33.8 Å². The maximum atomic E-state index is 11.9. The summed E-state index contributed by atoms with van der Waals surface area (Å²) in [4.78, 5) is 11.9. The SMILES string of the molecule is CC(C(=O)Nc1ccc(Br)c(Cl)c1)=C1CNC1. The van der Waals surface area contributed by atoms with Crippen LogP contribution in [0.1, 0.15) is 6.92 Å². The summed E-state index contributed by atoms with van der Waals surface area (Å²) < 4.78 is 0.815. The van der Waals surface area contributed by atoms with Gasteiger partial charge in [0.1, 0.15) is 0 Å². The summed E-state index contributed by atoms with van der Waals surface area (Å²) in [5, 5.41) is 6.52. The second-order valence-corrected chi connectivity index (χ2v) is 5.18. The van der Waals surface area contributed by atoms with Crippen LogP contribution in [0.3, 0.4) is 0 Å². The molecule has 1 fully saturated rings. The third-order valence-corrected chi connectivity index (χ3v) is 3.96. The lowest BCUT2D eigenvalue weighted by Crippen LogP contribution is -2.36. The van der Waals surface area contributed by atoms with E-state index in [9.17, 15) is 4.79 Å². The van der Waals surface area contributed by atoms with Gasteiger partial charge in [0.2, 0.25) is 0 Å². The number of amides is 1. The Morgan fingerprint density at radius 1 is 1.47 bits per heavy atom. The van der Waals surface area contributed by atoms with E-state index in [1.807, 2.05) is 19.1 Å². The third kappa shape index (κ3) is 2.89. The maximum Gasteiger partial charge on any atom is 0.251 e. The molecule has 0 saturated carbocycles. The van der Waals surface area contributed by atoms with E-state index in [0.717, 1.165) is 28.7 Å². The molecule has 3 nitrogen and oxygen atoms in total. The first-order valence-electron chi connectivity index (χ1n) is 5.23. The molecule has 0 aliphatic carbocycles. The second-order valence-electron chi connectivity index (χ2n) is 3.92. The quantitative estimate of drug-likeness (QED) is 0.824. The zero-order valence-electron chi connectivity index (χ0n) is 9.31. The van der Waals surface area contributed by atoms with Crippen molar-refractivity contribution in [1.82, 2.24) is 5.32 Å². The van der Waals surface area contributed by atoms with Crippen molar-refractivity contribution < 1.29 is 4.79 Å². The number of rotatable bonds is 2. The molecule has 1 aromatic rings. The molecule has 5 heteroatoms. The normalized spacial score (nSPS) is 14.2. The van der Waals surface area contributed by atoms with Gasteiger partial charge >= 0.3 is 0 Å².